The summed E-state index contributed by atoms with van der Waals surface area (Å²) in [5.74, 6) is -0.0347. The van der Waals surface area contributed by atoms with Crippen molar-refractivity contribution in [2.45, 2.75) is 26.8 Å². The summed E-state index contributed by atoms with van der Waals surface area (Å²) in [5, 5.41) is 0. The Morgan fingerprint density at radius 1 is 1.50 bits per heavy atom. The van der Waals surface area contributed by atoms with Gasteiger partial charge in [0.05, 0.1) is 0 Å². The van der Waals surface area contributed by atoms with Gasteiger partial charge in [0, 0.05) is 12.0 Å². The summed E-state index contributed by atoms with van der Waals surface area (Å²) in [6.07, 6.45) is 0. The van der Waals surface area contributed by atoms with E-state index in [0.29, 0.717) is 5.57 Å². The average Bonchev–Trinajstić information content (AvgIpc) is 1.84. The second-order valence-corrected chi connectivity index (χ2v) is 2.79. The minimum atomic E-state index is -0.0995. The Labute approximate surface area is 62.1 Å². The normalized spacial score (nSPS) is 16.0. The van der Waals surface area contributed by atoms with Gasteiger partial charge in [-0.25, -0.2) is 0 Å². The molecular formula is C8H15NO. The van der Waals surface area contributed by atoms with Crippen LogP contribution >= 0.6 is 0 Å². The molecule has 2 heteroatoms. The molecule has 2 N–H and O–H groups in total. The highest BCUT2D eigenvalue weighted by Gasteiger charge is 2.16. The quantitative estimate of drug-likeness (QED) is 0.598. The van der Waals surface area contributed by atoms with Crippen LogP contribution in [0.1, 0.15) is 20.8 Å². The second-order valence-electron chi connectivity index (χ2n) is 2.79. The first-order valence-corrected chi connectivity index (χ1v) is 3.42. The SMILES string of the molecule is C=C(C)C(=O)C(C)C(C)N. The van der Waals surface area contributed by atoms with Crippen molar-refractivity contribution in [1.82, 2.24) is 0 Å². The van der Waals surface area contributed by atoms with Gasteiger partial charge in [0.2, 0.25) is 0 Å². The molecule has 0 amide bonds. The molecule has 0 aliphatic carbocycles. The monoisotopic (exact) mass is 141 g/mol. The molecule has 2 unspecified atom stereocenters. The Hall–Kier alpha value is -0.630. The molecule has 0 aromatic heterocycles. The molecule has 0 aromatic carbocycles. The maximum Gasteiger partial charge on any atom is 0.162 e. The number of hydrogen-bond acceptors (Lipinski definition) is 2. The highest BCUT2D eigenvalue weighted by Crippen LogP contribution is 2.06. The largest absolute Gasteiger partial charge is 0.327 e. The van der Waals surface area contributed by atoms with Crippen molar-refractivity contribution in [3.8, 4) is 0 Å². The Morgan fingerprint density at radius 2 is 1.90 bits per heavy atom. The van der Waals surface area contributed by atoms with Gasteiger partial charge in [-0.3, -0.25) is 4.79 Å². The van der Waals surface area contributed by atoms with E-state index in [4.69, 9.17) is 5.73 Å². The molecule has 0 rings (SSSR count). The third-order valence-electron chi connectivity index (χ3n) is 1.62. The van der Waals surface area contributed by atoms with E-state index < -0.39 is 0 Å². The van der Waals surface area contributed by atoms with E-state index in [0.717, 1.165) is 0 Å². The first kappa shape index (κ1) is 9.37. The first-order chi connectivity index (χ1) is 4.46. The van der Waals surface area contributed by atoms with Crippen molar-refractivity contribution in [2.75, 3.05) is 0 Å². The highest BCUT2D eigenvalue weighted by molar-refractivity contribution is 5.96. The zero-order valence-electron chi connectivity index (χ0n) is 6.85. The summed E-state index contributed by atoms with van der Waals surface area (Å²) in [7, 11) is 0. The van der Waals surface area contributed by atoms with E-state index in [9.17, 15) is 4.79 Å². The van der Waals surface area contributed by atoms with Crippen molar-refractivity contribution in [2.24, 2.45) is 11.7 Å². The zero-order valence-corrected chi connectivity index (χ0v) is 6.85. The van der Waals surface area contributed by atoms with Gasteiger partial charge in [0.1, 0.15) is 0 Å². The number of nitrogens with two attached hydrogens (primary N) is 1. The van der Waals surface area contributed by atoms with Gasteiger partial charge in [-0.2, -0.15) is 0 Å². The summed E-state index contributed by atoms with van der Waals surface area (Å²) >= 11 is 0. The van der Waals surface area contributed by atoms with Gasteiger partial charge in [0.25, 0.3) is 0 Å². The standard InChI is InChI=1S/C8H15NO/c1-5(2)8(10)6(3)7(4)9/h6-7H,1,9H2,2-4H3. The minimum Gasteiger partial charge on any atom is -0.327 e. The number of ketones is 1. The van der Waals surface area contributed by atoms with Gasteiger partial charge in [-0.1, -0.05) is 13.5 Å². The molecule has 0 heterocycles. The lowest BCUT2D eigenvalue weighted by Crippen LogP contribution is -2.30. The van der Waals surface area contributed by atoms with Crippen molar-refractivity contribution < 1.29 is 4.79 Å². The Bertz CT molecular complexity index is 149. The fourth-order valence-electron chi connectivity index (χ4n) is 0.627. The summed E-state index contributed by atoms with van der Waals surface area (Å²) in [4.78, 5) is 11.1. The maximum atomic E-state index is 11.1. The number of hydrogen-bond donors (Lipinski definition) is 1. The molecule has 0 radical (unpaired) electrons. The van der Waals surface area contributed by atoms with E-state index in [2.05, 4.69) is 6.58 Å². The number of Topliss-reactive ketones (excluding diaryl/α,β-unsaturated/α-hetero) is 1. The average molecular weight is 141 g/mol. The predicted molar refractivity (Wildman–Crippen MR) is 42.6 cm³/mol. The first-order valence-electron chi connectivity index (χ1n) is 3.42. The molecule has 0 aliphatic heterocycles. The Kier molecular flexibility index (Phi) is 3.30. The fourth-order valence-corrected chi connectivity index (χ4v) is 0.627. The molecule has 0 spiro atoms. The summed E-state index contributed by atoms with van der Waals surface area (Å²) in [6, 6.07) is -0.0794. The van der Waals surface area contributed by atoms with Crippen molar-refractivity contribution in [3.05, 3.63) is 12.2 Å². The topological polar surface area (TPSA) is 43.1 Å². The molecular weight excluding hydrogens is 126 g/mol. The third-order valence-corrected chi connectivity index (χ3v) is 1.62. The number of carbonyl (C=O) groups is 1. The van der Waals surface area contributed by atoms with Gasteiger partial charge >= 0.3 is 0 Å². The lowest BCUT2D eigenvalue weighted by molar-refractivity contribution is -0.119. The van der Waals surface area contributed by atoms with Gasteiger partial charge < -0.3 is 5.73 Å². The van der Waals surface area contributed by atoms with Crippen LogP contribution in [0.5, 0.6) is 0 Å². The van der Waals surface area contributed by atoms with Crippen LogP contribution in [-0.4, -0.2) is 11.8 Å². The van der Waals surface area contributed by atoms with Crippen LogP contribution in [-0.2, 0) is 4.79 Å². The van der Waals surface area contributed by atoms with Crippen molar-refractivity contribution in [1.29, 1.82) is 0 Å². The highest BCUT2D eigenvalue weighted by atomic mass is 16.1. The molecule has 0 aliphatic rings. The number of rotatable bonds is 3. The van der Waals surface area contributed by atoms with E-state index in [1.807, 2.05) is 13.8 Å². The smallest absolute Gasteiger partial charge is 0.162 e. The summed E-state index contributed by atoms with van der Waals surface area (Å²) in [6.45, 7) is 8.91. The van der Waals surface area contributed by atoms with Crippen LogP contribution < -0.4 is 5.73 Å². The zero-order chi connectivity index (χ0) is 8.31. The number of carbonyl (C=O) groups excluding carboxylic acids is 1. The molecule has 2 atom stereocenters. The van der Waals surface area contributed by atoms with Crippen molar-refractivity contribution >= 4 is 5.78 Å². The molecule has 0 aromatic rings. The Balaban J connectivity index is 4.08. The van der Waals surface area contributed by atoms with E-state index in [1.54, 1.807) is 6.92 Å². The Morgan fingerprint density at radius 3 is 2.00 bits per heavy atom. The van der Waals surface area contributed by atoms with Crippen molar-refractivity contribution in [3.63, 3.8) is 0 Å². The van der Waals surface area contributed by atoms with Gasteiger partial charge in [-0.05, 0) is 19.4 Å². The lowest BCUT2D eigenvalue weighted by atomic mass is 9.95. The van der Waals surface area contributed by atoms with E-state index in [-0.39, 0.29) is 17.7 Å². The number of allylic oxidation sites excluding steroid dienone is 1. The lowest BCUT2D eigenvalue weighted by Gasteiger charge is -2.13. The van der Waals surface area contributed by atoms with Crippen LogP contribution in [0.4, 0.5) is 0 Å². The van der Waals surface area contributed by atoms with Gasteiger partial charge in [0.15, 0.2) is 5.78 Å². The third kappa shape index (κ3) is 2.31. The van der Waals surface area contributed by atoms with Crippen LogP contribution in [0.25, 0.3) is 0 Å². The van der Waals surface area contributed by atoms with E-state index in [1.165, 1.54) is 0 Å². The van der Waals surface area contributed by atoms with Crippen LogP contribution in [0.3, 0.4) is 0 Å². The van der Waals surface area contributed by atoms with Gasteiger partial charge in [-0.15, -0.1) is 0 Å². The van der Waals surface area contributed by atoms with E-state index >= 15 is 0 Å². The molecule has 58 valence electrons. The fraction of sp³-hybridized carbons (Fsp3) is 0.625. The molecule has 10 heavy (non-hydrogen) atoms. The van der Waals surface area contributed by atoms with Crippen LogP contribution in [0, 0.1) is 5.92 Å². The van der Waals surface area contributed by atoms with Crippen LogP contribution in [0.15, 0.2) is 12.2 Å². The molecule has 0 saturated carbocycles. The minimum absolute atomic E-state index is 0.0648. The molecule has 0 fully saturated rings. The van der Waals surface area contributed by atoms with Crippen LogP contribution in [0.2, 0.25) is 0 Å². The summed E-state index contributed by atoms with van der Waals surface area (Å²) in [5.41, 5.74) is 6.10. The molecule has 2 nitrogen and oxygen atoms in total. The summed E-state index contributed by atoms with van der Waals surface area (Å²) < 4.78 is 0. The molecule has 0 bridgehead atoms. The maximum absolute atomic E-state index is 11.1. The second kappa shape index (κ2) is 3.52. The predicted octanol–water partition coefficient (Wildman–Crippen LogP) is 1.11. The molecule has 0 saturated heterocycles.